The fraction of sp³-hybridized carbons (Fsp3) is 0.562. The Kier molecular flexibility index (Phi) is 7.24. The first-order valence-electron chi connectivity index (χ1n) is 7.11. The fourth-order valence-corrected chi connectivity index (χ4v) is 2.81. The molecule has 0 saturated carbocycles. The summed E-state index contributed by atoms with van der Waals surface area (Å²) >= 11 is 3.51. The topological polar surface area (TPSA) is 29.5 Å². The maximum atomic E-state index is 11.9. The number of carbonyl (C=O) groups is 1. The third kappa shape index (κ3) is 4.32. The number of Topliss-reactive ketones (excluding diaryl/α,β-unsaturated/α-hetero) is 1. The molecule has 0 radical (unpaired) electrons. The van der Waals surface area contributed by atoms with E-state index in [0.29, 0.717) is 12.6 Å². The van der Waals surface area contributed by atoms with Gasteiger partial charge in [0.1, 0.15) is 0 Å². The molecule has 0 unspecified atom stereocenters. The number of carbonyl (C=O) groups excluding carboxylic acids is 1. The summed E-state index contributed by atoms with van der Waals surface area (Å²) in [7, 11) is 1.71. The molecule has 0 aliphatic rings. The minimum atomic E-state index is 0.0980. The monoisotopic (exact) mass is 341 g/mol. The van der Waals surface area contributed by atoms with E-state index in [1.165, 1.54) is 0 Å². The lowest BCUT2D eigenvalue weighted by Gasteiger charge is -2.34. The molecule has 0 fully saturated rings. The number of hydrogen-bond acceptors (Lipinski definition) is 3. The third-order valence-corrected chi connectivity index (χ3v) is 4.06. The minimum absolute atomic E-state index is 0.0980. The van der Waals surface area contributed by atoms with Crippen molar-refractivity contribution >= 4 is 27.4 Å². The third-order valence-electron chi connectivity index (χ3n) is 3.57. The van der Waals surface area contributed by atoms with Gasteiger partial charge in [0.15, 0.2) is 5.78 Å². The largest absolute Gasteiger partial charge is 0.383 e. The van der Waals surface area contributed by atoms with Crippen LogP contribution in [0, 0.1) is 0 Å². The first-order valence-corrected chi connectivity index (χ1v) is 7.90. The number of rotatable bonds is 8. The number of halogens is 1. The molecule has 1 aromatic carbocycles. The van der Waals surface area contributed by atoms with E-state index in [9.17, 15) is 4.79 Å². The highest BCUT2D eigenvalue weighted by Crippen LogP contribution is 2.28. The predicted molar refractivity (Wildman–Crippen MR) is 87.7 cm³/mol. The van der Waals surface area contributed by atoms with Crippen molar-refractivity contribution in [3.05, 3.63) is 28.2 Å². The lowest BCUT2D eigenvalue weighted by Crippen LogP contribution is -2.38. The molecule has 3 nitrogen and oxygen atoms in total. The van der Waals surface area contributed by atoms with E-state index in [1.54, 1.807) is 14.0 Å². The van der Waals surface area contributed by atoms with Crippen LogP contribution in [-0.4, -0.2) is 32.1 Å². The van der Waals surface area contributed by atoms with Gasteiger partial charge < -0.3 is 9.64 Å². The number of methoxy groups -OCH3 is 1. The van der Waals surface area contributed by atoms with Crippen LogP contribution in [0.5, 0.6) is 0 Å². The standard InChI is InChI=1S/C16H24BrNO2/c1-5-14(6-2)18(9-10-20-4)16-11-13(17)7-8-15(16)12(3)19/h7-8,11,14H,5-6,9-10H2,1-4H3. The number of ether oxygens (including phenoxy) is 1. The van der Waals surface area contributed by atoms with Crippen LogP contribution in [0.3, 0.4) is 0 Å². The van der Waals surface area contributed by atoms with Crippen molar-refractivity contribution in [2.24, 2.45) is 0 Å². The smallest absolute Gasteiger partial charge is 0.161 e. The molecule has 0 saturated heterocycles. The van der Waals surface area contributed by atoms with Crippen molar-refractivity contribution in [3.63, 3.8) is 0 Å². The van der Waals surface area contributed by atoms with Crippen LogP contribution < -0.4 is 4.90 Å². The average Bonchev–Trinajstić information content (AvgIpc) is 2.43. The molecule has 0 bridgehead atoms. The summed E-state index contributed by atoms with van der Waals surface area (Å²) < 4.78 is 6.22. The van der Waals surface area contributed by atoms with Crippen LogP contribution in [0.1, 0.15) is 44.0 Å². The Morgan fingerprint density at radius 2 is 2.00 bits per heavy atom. The summed E-state index contributed by atoms with van der Waals surface area (Å²) in [5.74, 6) is 0.0980. The highest BCUT2D eigenvalue weighted by atomic mass is 79.9. The van der Waals surface area contributed by atoms with Crippen LogP contribution in [0.15, 0.2) is 22.7 Å². The van der Waals surface area contributed by atoms with E-state index >= 15 is 0 Å². The molecular formula is C16H24BrNO2. The Morgan fingerprint density at radius 1 is 1.35 bits per heavy atom. The normalized spacial score (nSPS) is 10.9. The number of anilines is 1. The summed E-state index contributed by atoms with van der Waals surface area (Å²) in [4.78, 5) is 14.2. The first-order chi connectivity index (χ1) is 9.54. The van der Waals surface area contributed by atoms with Crippen LogP contribution in [0.25, 0.3) is 0 Å². The molecule has 0 N–H and O–H groups in total. The lowest BCUT2D eigenvalue weighted by atomic mass is 10.0. The molecule has 0 atom stereocenters. The van der Waals surface area contributed by atoms with Crippen molar-refractivity contribution in [2.75, 3.05) is 25.2 Å². The lowest BCUT2D eigenvalue weighted by molar-refractivity contribution is 0.101. The summed E-state index contributed by atoms with van der Waals surface area (Å²) in [6, 6.07) is 6.26. The molecule has 0 heterocycles. The molecule has 0 aromatic heterocycles. The maximum Gasteiger partial charge on any atom is 0.161 e. The second-order valence-corrected chi connectivity index (χ2v) is 5.79. The molecule has 1 aromatic rings. The number of nitrogens with zero attached hydrogens (tertiary/aromatic N) is 1. The Hall–Kier alpha value is -0.870. The van der Waals surface area contributed by atoms with Gasteiger partial charge in [-0.25, -0.2) is 0 Å². The van der Waals surface area contributed by atoms with E-state index in [1.807, 2.05) is 18.2 Å². The molecule has 1 rings (SSSR count). The van der Waals surface area contributed by atoms with Crippen molar-refractivity contribution in [1.82, 2.24) is 0 Å². The van der Waals surface area contributed by atoms with E-state index < -0.39 is 0 Å². The second kappa shape index (κ2) is 8.42. The zero-order chi connectivity index (χ0) is 15.1. The van der Waals surface area contributed by atoms with E-state index in [0.717, 1.165) is 35.1 Å². The molecular weight excluding hydrogens is 318 g/mol. The molecule has 0 aliphatic carbocycles. The van der Waals surface area contributed by atoms with Gasteiger partial charge in [0.05, 0.1) is 6.61 Å². The van der Waals surface area contributed by atoms with Crippen LogP contribution in [-0.2, 0) is 4.74 Å². The van der Waals surface area contributed by atoms with Gasteiger partial charge in [-0.2, -0.15) is 0 Å². The minimum Gasteiger partial charge on any atom is -0.383 e. The number of ketones is 1. The predicted octanol–water partition coefficient (Wildman–Crippen LogP) is 4.29. The summed E-state index contributed by atoms with van der Waals surface area (Å²) in [5, 5.41) is 0. The summed E-state index contributed by atoms with van der Waals surface area (Å²) in [6.07, 6.45) is 2.09. The SMILES string of the molecule is CCC(CC)N(CCOC)c1cc(Br)ccc1C(C)=O. The first kappa shape index (κ1) is 17.2. The van der Waals surface area contributed by atoms with Crippen LogP contribution in [0.2, 0.25) is 0 Å². The zero-order valence-electron chi connectivity index (χ0n) is 12.8. The zero-order valence-corrected chi connectivity index (χ0v) is 14.4. The molecule has 0 aliphatic heterocycles. The Balaban J connectivity index is 3.23. The fourth-order valence-electron chi connectivity index (χ4n) is 2.46. The van der Waals surface area contributed by atoms with Gasteiger partial charge in [-0.15, -0.1) is 0 Å². The molecule has 112 valence electrons. The number of hydrogen-bond donors (Lipinski definition) is 0. The highest BCUT2D eigenvalue weighted by Gasteiger charge is 2.20. The quantitative estimate of drug-likeness (QED) is 0.660. The molecule has 20 heavy (non-hydrogen) atoms. The van der Waals surface area contributed by atoms with E-state index in [-0.39, 0.29) is 5.78 Å². The number of benzene rings is 1. The summed E-state index contributed by atoms with van der Waals surface area (Å²) in [5.41, 5.74) is 1.77. The van der Waals surface area contributed by atoms with Gasteiger partial charge in [0.2, 0.25) is 0 Å². The van der Waals surface area contributed by atoms with E-state index in [4.69, 9.17) is 4.74 Å². The van der Waals surface area contributed by atoms with E-state index in [2.05, 4.69) is 34.7 Å². The molecule has 0 amide bonds. The van der Waals surface area contributed by atoms with Gasteiger partial charge in [0.25, 0.3) is 0 Å². The van der Waals surface area contributed by atoms with Crippen molar-refractivity contribution in [1.29, 1.82) is 0 Å². The van der Waals surface area contributed by atoms with Crippen molar-refractivity contribution in [2.45, 2.75) is 39.7 Å². The van der Waals surface area contributed by atoms with Gasteiger partial charge in [-0.3, -0.25) is 4.79 Å². The Morgan fingerprint density at radius 3 is 2.50 bits per heavy atom. The maximum absolute atomic E-state index is 11.9. The van der Waals surface area contributed by atoms with Crippen molar-refractivity contribution < 1.29 is 9.53 Å². The Bertz CT molecular complexity index is 444. The highest BCUT2D eigenvalue weighted by molar-refractivity contribution is 9.10. The van der Waals surface area contributed by atoms with Gasteiger partial charge in [-0.05, 0) is 38.0 Å². The van der Waals surface area contributed by atoms with Gasteiger partial charge in [-0.1, -0.05) is 29.8 Å². The Labute approximate surface area is 130 Å². The van der Waals surface area contributed by atoms with Crippen LogP contribution in [0.4, 0.5) is 5.69 Å². The summed E-state index contributed by atoms with van der Waals surface area (Å²) in [6.45, 7) is 7.42. The van der Waals surface area contributed by atoms with Gasteiger partial charge >= 0.3 is 0 Å². The molecule has 0 spiro atoms. The second-order valence-electron chi connectivity index (χ2n) is 4.87. The molecule has 4 heteroatoms. The van der Waals surface area contributed by atoms with Gasteiger partial charge in [0, 0.05) is 35.4 Å². The van der Waals surface area contributed by atoms with Crippen LogP contribution >= 0.6 is 15.9 Å². The van der Waals surface area contributed by atoms with Crippen molar-refractivity contribution in [3.8, 4) is 0 Å². The average molecular weight is 342 g/mol.